The second-order valence-corrected chi connectivity index (χ2v) is 6.56. The molecule has 0 saturated heterocycles. The molecule has 2 aromatic carbocycles. The van der Waals surface area contributed by atoms with Crippen LogP contribution in [0.4, 0.5) is 8.78 Å². The molecule has 22 heavy (non-hydrogen) atoms. The van der Waals surface area contributed by atoms with Crippen LogP contribution in [0, 0.1) is 11.6 Å². The van der Waals surface area contributed by atoms with Crippen LogP contribution >= 0.6 is 27.5 Å². The lowest BCUT2D eigenvalue weighted by molar-refractivity contribution is 0.515. The molecule has 0 aliphatic heterocycles. The lowest BCUT2D eigenvalue weighted by atomic mass is 10.1. The fraction of sp³-hybridized carbons (Fsp3) is 0.125. The Hall–Kier alpha value is -1.59. The van der Waals surface area contributed by atoms with Crippen LogP contribution in [0.15, 0.2) is 36.4 Å². The first-order chi connectivity index (χ1) is 10.5. The van der Waals surface area contributed by atoms with E-state index in [0.29, 0.717) is 22.0 Å². The third-order valence-electron chi connectivity index (χ3n) is 3.26. The first-order valence-electron chi connectivity index (χ1n) is 6.53. The van der Waals surface area contributed by atoms with Crippen molar-refractivity contribution in [3.63, 3.8) is 0 Å². The SMILES string of the molecule is CC(Br)c1nc2c(F)c(F)ccc2nc1-c1ccccc1Cl. The van der Waals surface area contributed by atoms with E-state index in [9.17, 15) is 8.78 Å². The van der Waals surface area contributed by atoms with E-state index in [1.807, 2.05) is 25.1 Å². The van der Waals surface area contributed by atoms with Gasteiger partial charge in [-0.05, 0) is 25.1 Å². The standard InChI is InChI=1S/C16H10BrClF2N2/c1-8(17)14-15(9-4-2-3-5-10(9)18)21-12-7-6-11(19)13(20)16(12)22-14/h2-8H,1H3. The number of hydrogen-bond acceptors (Lipinski definition) is 2. The molecular weight excluding hydrogens is 374 g/mol. The number of fused-ring (bicyclic) bond motifs is 1. The highest BCUT2D eigenvalue weighted by molar-refractivity contribution is 9.09. The van der Waals surface area contributed by atoms with Crippen molar-refractivity contribution in [1.29, 1.82) is 0 Å². The van der Waals surface area contributed by atoms with Crippen LogP contribution in [0.25, 0.3) is 22.3 Å². The van der Waals surface area contributed by atoms with Crippen LogP contribution in [-0.2, 0) is 0 Å². The lowest BCUT2D eigenvalue weighted by Gasteiger charge is -2.13. The largest absolute Gasteiger partial charge is 0.244 e. The van der Waals surface area contributed by atoms with Crippen LogP contribution in [0.1, 0.15) is 17.4 Å². The monoisotopic (exact) mass is 382 g/mol. The summed E-state index contributed by atoms with van der Waals surface area (Å²) in [5.41, 5.74) is 1.95. The first kappa shape index (κ1) is 15.3. The van der Waals surface area contributed by atoms with Crippen molar-refractivity contribution in [2.75, 3.05) is 0 Å². The summed E-state index contributed by atoms with van der Waals surface area (Å²) in [5, 5.41) is 0.521. The zero-order valence-electron chi connectivity index (χ0n) is 11.4. The third-order valence-corrected chi connectivity index (χ3v) is 4.02. The molecule has 3 rings (SSSR count). The third kappa shape index (κ3) is 2.59. The summed E-state index contributed by atoms with van der Waals surface area (Å²) < 4.78 is 27.3. The van der Waals surface area contributed by atoms with Crippen molar-refractivity contribution in [2.45, 2.75) is 11.8 Å². The van der Waals surface area contributed by atoms with Gasteiger partial charge in [0.15, 0.2) is 11.6 Å². The minimum absolute atomic E-state index is 0.0860. The van der Waals surface area contributed by atoms with Crippen molar-refractivity contribution in [3.8, 4) is 11.3 Å². The summed E-state index contributed by atoms with van der Waals surface area (Å²) >= 11 is 9.65. The smallest absolute Gasteiger partial charge is 0.186 e. The summed E-state index contributed by atoms with van der Waals surface area (Å²) in [6.45, 7) is 1.84. The molecule has 0 aliphatic rings. The highest BCUT2D eigenvalue weighted by atomic mass is 79.9. The number of alkyl halides is 1. The molecular formula is C16H10BrClF2N2. The maximum absolute atomic E-state index is 13.9. The van der Waals surface area contributed by atoms with Gasteiger partial charge in [0, 0.05) is 5.56 Å². The molecule has 0 bridgehead atoms. The van der Waals surface area contributed by atoms with Gasteiger partial charge in [0.05, 0.1) is 26.8 Å². The van der Waals surface area contributed by atoms with Gasteiger partial charge >= 0.3 is 0 Å². The van der Waals surface area contributed by atoms with Gasteiger partial charge in [0.25, 0.3) is 0 Å². The Balaban J connectivity index is 2.37. The number of nitrogens with zero attached hydrogens (tertiary/aromatic N) is 2. The Kier molecular flexibility index (Phi) is 4.10. The first-order valence-corrected chi connectivity index (χ1v) is 7.83. The Labute approximate surface area is 139 Å². The molecule has 2 nitrogen and oxygen atoms in total. The Morgan fingerprint density at radius 2 is 1.82 bits per heavy atom. The van der Waals surface area contributed by atoms with Gasteiger partial charge < -0.3 is 0 Å². The average molecular weight is 384 g/mol. The Bertz CT molecular complexity index is 868. The number of benzene rings is 2. The molecule has 1 heterocycles. The molecule has 0 N–H and O–H groups in total. The predicted molar refractivity (Wildman–Crippen MR) is 87.2 cm³/mol. The van der Waals surface area contributed by atoms with Gasteiger partial charge in [-0.3, -0.25) is 0 Å². The van der Waals surface area contributed by atoms with Crippen LogP contribution in [0.2, 0.25) is 5.02 Å². The molecule has 3 aromatic rings. The van der Waals surface area contributed by atoms with Crippen molar-refractivity contribution in [2.24, 2.45) is 0 Å². The fourth-order valence-electron chi connectivity index (χ4n) is 2.21. The molecule has 1 aromatic heterocycles. The van der Waals surface area contributed by atoms with E-state index < -0.39 is 11.6 Å². The lowest BCUT2D eigenvalue weighted by Crippen LogP contribution is -2.02. The zero-order chi connectivity index (χ0) is 15.9. The average Bonchev–Trinajstić information content (AvgIpc) is 2.50. The van der Waals surface area contributed by atoms with Gasteiger partial charge in [0.2, 0.25) is 0 Å². The molecule has 0 radical (unpaired) electrons. The molecule has 1 atom stereocenters. The normalized spacial score (nSPS) is 12.6. The van der Waals surface area contributed by atoms with Gasteiger partial charge in [-0.1, -0.05) is 45.7 Å². The van der Waals surface area contributed by atoms with Crippen molar-refractivity contribution in [1.82, 2.24) is 9.97 Å². The highest BCUT2D eigenvalue weighted by Crippen LogP contribution is 2.35. The number of aromatic nitrogens is 2. The Morgan fingerprint density at radius 3 is 2.50 bits per heavy atom. The predicted octanol–water partition coefficient (Wildman–Crippen LogP) is 5.68. The van der Waals surface area contributed by atoms with Gasteiger partial charge in [-0.15, -0.1) is 0 Å². The molecule has 0 spiro atoms. The van der Waals surface area contributed by atoms with E-state index in [1.54, 1.807) is 6.07 Å². The van der Waals surface area contributed by atoms with E-state index >= 15 is 0 Å². The van der Waals surface area contributed by atoms with Gasteiger partial charge in [0.1, 0.15) is 5.52 Å². The molecule has 112 valence electrons. The maximum Gasteiger partial charge on any atom is 0.186 e. The summed E-state index contributed by atoms with van der Waals surface area (Å²) in [6, 6.07) is 9.66. The summed E-state index contributed by atoms with van der Waals surface area (Å²) in [6.07, 6.45) is 0. The van der Waals surface area contributed by atoms with Crippen molar-refractivity contribution >= 4 is 38.6 Å². The second kappa shape index (κ2) is 5.89. The van der Waals surface area contributed by atoms with Crippen LogP contribution in [-0.4, -0.2) is 9.97 Å². The number of rotatable bonds is 2. The molecule has 0 saturated carbocycles. The number of halogens is 4. The van der Waals surface area contributed by atoms with Gasteiger partial charge in [-0.2, -0.15) is 0 Å². The second-order valence-electron chi connectivity index (χ2n) is 4.78. The number of hydrogen-bond donors (Lipinski definition) is 0. The quantitative estimate of drug-likeness (QED) is 0.532. The van der Waals surface area contributed by atoms with Crippen LogP contribution in [0.3, 0.4) is 0 Å². The van der Waals surface area contributed by atoms with E-state index in [2.05, 4.69) is 25.9 Å². The van der Waals surface area contributed by atoms with E-state index in [0.717, 1.165) is 6.07 Å². The van der Waals surface area contributed by atoms with E-state index in [4.69, 9.17) is 11.6 Å². The summed E-state index contributed by atoms with van der Waals surface area (Å²) in [4.78, 5) is 8.52. The van der Waals surface area contributed by atoms with Gasteiger partial charge in [-0.25, -0.2) is 18.7 Å². The Morgan fingerprint density at radius 1 is 1.09 bits per heavy atom. The summed E-state index contributed by atoms with van der Waals surface area (Å²) in [7, 11) is 0. The van der Waals surface area contributed by atoms with E-state index in [-0.39, 0.29) is 15.9 Å². The van der Waals surface area contributed by atoms with E-state index in [1.165, 1.54) is 6.07 Å². The summed E-state index contributed by atoms with van der Waals surface area (Å²) in [5.74, 6) is -1.94. The van der Waals surface area contributed by atoms with Crippen molar-refractivity contribution < 1.29 is 8.78 Å². The molecule has 0 aliphatic carbocycles. The fourth-order valence-corrected chi connectivity index (χ4v) is 2.75. The zero-order valence-corrected chi connectivity index (χ0v) is 13.8. The molecule has 6 heteroatoms. The minimum Gasteiger partial charge on any atom is -0.244 e. The molecule has 0 amide bonds. The maximum atomic E-state index is 13.9. The topological polar surface area (TPSA) is 25.8 Å². The van der Waals surface area contributed by atoms with Crippen LogP contribution in [0.5, 0.6) is 0 Å². The van der Waals surface area contributed by atoms with Crippen LogP contribution < -0.4 is 0 Å². The minimum atomic E-state index is -0.995. The molecule has 0 fully saturated rings. The highest BCUT2D eigenvalue weighted by Gasteiger charge is 2.19. The molecule has 1 unspecified atom stereocenters. The van der Waals surface area contributed by atoms with Crippen molar-refractivity contribution in [3.05, 3.63) is 58.7 Å².